The number of nitrogens with zero attached hydrogens (tertiary/aromatic N) is 1. The van der Waals surface area contributed by atoms with Crippen LogP contribution in [0.1, 0.15) is 12.0 Å². The molecule has 0 saturated carbocycles. The molecule has 0 unspecified atom stereocenters. The molecule has 3 rings (SSSR count). The third-order valence-corrected chi connectivity index (χ3v) is 5.25. The summed E-state index contributed by atoms with van der Waals surface area (Å²) in [5, 5.41) is 5.30. The van der Waals surface area contributed by atoms with Crippen molar-refractivity contribution in [2.75, 3.05) is 19.5 Å². The van der Waals surface area contributed by atoms with Crippen LogP contribution in [0.2, 0.25) is 0 Å². The van der Waals surface area contributed by atoms with E-state index in [1.807, 2.05) is 0 Å². The number of hydrogen-bond acceptors (Lipinski definition) is 6. The minimum atomic E-state index is -0.567. The first kappa shape index (κ1) is 20.7. The molecular formula is C20H20FN3O4S. The number of amides is 2. The van der Waals surface area contributed by atoms with Crippen LogP contribution in [-0.4, -0.2) is 36.5 Å². The second-order valence-electron chi connectivity index (χ2n) is 6.17. The number of methoxy groups -OCH3 is 2. The summed E-state index contributed by atoms with van der Waals surface area (Å²) in [6.45, 7) is 0.313. The summed E-state index contributed by atoms with van der Waals surface area (Å²) in [4.78, 5) is 28.8. The van der Waals surface area contributed by atoms with Gasteiger partial charge in [0.1, 0.15) is 11.1 Å². The molecule has 1 fully saturated rings. The van der Waals surface area contributed by atoms with Crippen molar-refractivity contribution in [3.63, 3.8) is 0 Å². The minimum Gasteiger partial charge on any atom is -0.493 e. The third kappa shape index (κ3) is 5.47. The largest absolute Gasteiger partial charge is 0.493 e. The summed E-state index contributed by atoms with van der Waals surface area (Å²) in [6, 6.07) is 11.0. The van der Waals surface area contributed by atoms with E-state index in [1.54, 1.807) is 30.3 Å². The highest BCUT2D eigenvalue weighted by Gasteiger charge is 2.32. The van der Waals surface area contributed by atoms with E-state index >= 15 is 0 Å². The first-order valence-corrected chi connectivity index (χ1v) is 9.64. The third-order valence-electron chi connectivity index (χ3n) is 4.13. The van der Waals surface area contributed by atoms with Gasteiger partial charge in [-0.3, -0.25) is 14.6 Å². The summed E-state index contributed by atoms with van der Waals surface area (Å²) < 4.78 is 23.3. The van der Waals surface area contributed by atoms with Crippen LogP contribution in [0.25, 0.3) is 0 Å². The lowest BCUT2D eigenvalue weighted by molar-refractivity contribution is -0.122. The van der Waals surface area contributed by atoms with Gasteiger partial charge in [0.25, 0.3) is 0 Å². The monoisotopic (exact) mass is 417 g/mol. The fourth-order valence-corrected chi connectivity index (χ4v) is 3.63. The van der Waals surface area contributed by atoms with Crippen molar-refractivity contribution in [2.45, 2.75) is 18.2 Å². The van der Waals surface area contributed by atoms with Crippen molar-refractivity contribution in [3.05, 3.63) is 53.8 Å². The quantitative estimate of drug-likeness (QED) is 0.723. The lowest BCUT2D eigenvalue weighted by atomic mass is 10.2. The van der Waals surface area contributed by atoms with E-state index in [-0.39, 0.29) is 24.1 Å². The van der Waals surface area contributed by atoms with E-state index in [1.165, 1.54) is 38.1 Å². The number of rotatable bonds is 7. The van der Waals surface area contributed by atoms with E-state index in [4.69, 9.17) is 9.47 Å². The van der Waals surface area contributed by atoms with Crippen LogP contribution in [-0.2, 0) is 16.1 Å². The SMILES string of the molecule is COc1ccc(NC(=O)C[C@@H]2SC(=NCc3ccc(F)cc3)NC2=O)cc1OC. The Morgan fingerprint density at radius 1 is 1.17 bits per heavy atom. The number of benzene rings is 2. The van der Waals surface area contributed by atoms with Gasteiger partial charge in [0.15, 0.2) is 16.7 Å². The number of nitrogens with one attached hydrogen (secondary N) is 2. The molecule has 1 aliphatic rings. The van der Waals surface area contributed by atoms with Crippen molar-refractivity contribution >= 4 is 34.4 Å². The van der Waals surface area contributed by atoms with E-state index in [0.717, 1.165) is 5.56 Å². The number of carbonyl (C=O) groups excluding carboxylic acids is 2. The maximum atomic E-state index is 12.9. The van der Waals surface area contributed by atoms with Crippen molar-refractivity contribution in [3.8, 4) is 11.5 Å². The Hall–Kier alpha value is -3.07. The number of hydrogen-bond donors (Lipinski definition) is 2. The van der Waals surface area contributed by atoms with E-state index in [9.17, 15) is 14.0 Å². The average molecular weight is 417 g/mol. The Kier molecular flexibility index (Phi) is 6.71. The molecule has 2 N–H and O–H groups in total. The first-order chi connectivity index (χ1) is 14.0. The molecule has 1 aliphatic heterocycles. The Labute approximate surface area is 171 Å². The summed E-state index contributed by atoms with van der Waals surface area (Å²) in [7, 11) is 3.04. The highest BCUT2D eigenvalue weighted by molar-refractivity contribution is 8.15. The van der Waals surface area contributed by atoms with Gasteiger partial charge < -0.3 is 20.1 Å². The van der Waals surface area contributed by atoms with Gasteiger partial charge in [-0.25, -0.2) is 4.39 Å². The summed E-state index contributed by atoms with van der Waals surface area (Å²) >= 11 is 1.20. The van der Waals surface area contributed by atoms with Gasteiger partial charge in [0, 0.05) is 18.2 Å². The Bertz CT molecular complexity index is 934. The summed E-state index contributed by atoms with van der Waals surface area (Å²) in [6.07, 6.45) is 0.000410. The summed E-state index contributed by atoms with van der Waals surface area (Å²) in [5.41, 5.74) is 1.37. The predicted molar refractivity (Wildman–Crippen MR) is 110 cm³/mol. The normalized spacial score (nSPS) is 17.1. The van der Waals surface area contributed by atoms with Crippen molar-refractivity contribution in [1.82, 2.24) is 5.32 Å². The van der Waals surface area contributed by atoms with Gasteiger partial charge in [-0.1, -0.05) is 23.9 Å². The Morgan fingerprint density at radius 3 is 2.59 bits per heavy atom. The number of ether oxygens (including phenoxy) is 2. The molecule has 0 radical (unpaired) electrons. The Morgan fingerprint density at radius 2 is 1.90 bits per heavy atom. The number of anilines is 1. The summed E-state index contributed by atoms with van der Waals surface area (Å²) in [5.74, 6) is 0.164. The van der Waals surface area contributed by atoms with Crippen molar-refractivity contribution in [1.29, 1.82) is 0 Å². The van der Waals surface area contributed by atoms with Crippen molar-refractivity contribution in [2.24, 2.45) is 4.99 Å². The number of aliphatic imine (C=N–C) groups is 1. The minimum absolute atomic E-state index is 0.000410. The lowest BCUT2D eigenvalue weighted by Gasteiger charge is -2.11. The zero-order valence-electron chi connectivity index (χ0n) is 15.9. The molecule has 29 heavy (non-hydrogen) atoms. The van der Waals surface area contributed by atoms with Crippen LogP contribution in [0.15, 0.2) is 47.5 Å². The first-order valence-electron chi connectivity index (χ1n) is 8.77. The molecular weight excluding hydrogens is 397 g/mol. The fraction of sp³-hybridized carbons (Fsp3) is 0.250. The average Bonchev–Trinajstić information content (AvgIpc) is 3.06. The molecule has 1 heterocycles. The predicted octanol–water partition coefficient (Wildman–Crippen LogP) is 2.96. The van der Waals surface area contributed by atoms with Gasteiger partial charge >= 0.3 is 0 Å². The van der Waals surface area contributed by atoms with Gasteiger partial charge in [0.2, 0.25) is 11.8 Å². The number of halogens is 1. The number of carbonyl (C=O) groups is 2. The number of thioether (sulfide) groups is 1. The van der Waals surface area contributed by atoms with E-state index in [2.05, 4.69) is 15.6 Å². The van der Waals surface area contributed by atoms with E-state index < -0.39 is 5.25 Å². The molecule has 152 valence electrons. The smallest absolute Gasteiger partial charge is 0.240 e. The second-order valence-corrected chi connectivity index (χ2v) is 7.36. The van der Waals surface area contributed by atoms with Gasteiger partial charge in [-0.05, 0) is 29.8 Å². The molecule has 2 amide bonds. The standard InChI is InChI=1S/C20H20FN3O4S/c1-27-15-8-7-14(9-16(15)28-2)23-18(25)10-17-19(26)24-20(29-17)22-11-12-3-5-13(21)6-4-12/h3-9,17H,10-11H2,1-2H3,(H,23,25)(H,22,24,26)/t17-/m0/s1. The van der Waals surface area contributed by atoms with Gasteiger partial charge in [0.05, 0.1) is 20.8 Å². The van der Waals surface area contributed by atoms with Crippen LogP contribution in [0.5, 0.6) is 11.5 Å². The van der Waals surface area contributed by atoms with Gasteiger partial charge in [-0.2, -0.15) is 0 Å². The highest BCUT2D eigenvalue weighted by atomic mass is 32.2. The van der Waals surface area contributed by atoms with Crippen LogP contribution < -0.4 is 20.1 Å². The van der Waals surface area contributed by atoms with E-state index in [0.29, 0.717) is 28.9 Å². The molecule has 0 bridgehead atoms. The molecule has 0 spiro atoms. The molecule has 1 saturated heterocycles. The molecule has 7 nitrogen and oxygen atoms in total. The number of amidine groups is 1. The molecule has 2 aromatic carbocycles. The topological polar surface area (TPSA) is 89.0 Å². The van der Waals surface area contributed by atoms with Crippen LogP contribution in [0.4, 0.5) is 10.1 Å². The molecule has 1 atom stereocenters. The maximum absolute atomic E-state index is 12.9. The van der Waals surface area contributed by atoms with Crippen LogP contribution >= 0.6 is 11.8 Å². The molecule has 0 aliphatic carbocycles. The fourth-order valence-electron chi connectivity index (χ4n) is 2.66. The van der Waals surface area contributed by atoms with Gasteiger partial charge in [-0.15, -0.1) is 0 Å². The zero-order chi connectivity index (χ0) is 20.8. The molecule has 0 aromatic heterocycles. The maximum Gasteiger partial charge on any atom is 0.240 e. The molecule has 9 heteroatoms. The second kappa shape index (κ2) is 9.42. The van der Waals surface area contributed by atoms with Crippen LogP contribution in [0, 0.1) is 5.82 Å². The van der Waals surface area contributed by atoms with Crippen molar-refractivity contribution < 1.29 is 23.5 Å². The zero-order valence-corrected chi connectivity index (χ0v) is 16.7. The van der Waals surface area contributed by atoms with Crippen LogP contribution in [0.3, 0.4) is 0 Å². The molecule has 2 aromatic rings. The highest BCUT2D eigenvalue weighted by Crippen LogP contribution is 2.30. The Balaban J connectivity index is 1.56. The lowest BCUT2D eigenvalue weighted by Crippen LogP contribution is -2.28.